The van der Waals surface area contributed by atoms with Gasteiger partial charge in [-0.05, 0) is 18.1 Å². The van der Waals surface area contributed by atoms with Crippen molar-refractivity contribution >= 4 is 5.91 Å². The van der Waals surface area contributed by atoms with Crippen LogP contribution in [0.2, 0.25) is 0 Å². The number of halogens is 3. The van der Waals surface area contributed by atoms with E-state index >= 15 is 0 Å². The van der Waals surface area contributed by atoms with Gasteiger partial charge in [-0.15, -0.1) is 0 Å². The average molecular weight is 274 g/mol. The maximum Gasteiger partial charge on any atom is 0.416 e. The summed E-state index contributed by atoms with van der Waals surface area (Å²) in [5, 5.41) is 2.49. The van der Waals surface area contributed by atoms with E-state index in [2.05, 4.69) is 5.32 Å². The highest BCUT2D eigenvalue weighted by Gasteiger charge is 2.32. The zero-order valence-electron chi connectivity index (χ0n) is 10.6. The molecule has 19 heavy (non-hydrogen) atoms. The number of alkyl halides is 3. The lowest BCUT2D eigenvalue weighted by Gasteiger charge is -2.15. The van der Waals surface area contributed by atoms with Crippen molar-refractivity contribution < 1.29 is 18.0 Å². The maximum atomic E-state index is 12.7. The lowest BCUT2D eigenvalue weighted by atomic mass is 10.0. The Morgan fingerprint density at radius 1 is 1.37 bits per heavy atom. The molecule has 0 aliphatic heterocycles. The third kappa shape index (κ3) is 4.24. The molecule has 0 aromatic heterocycles. The summed E-state index contributed by atoms with van der Waals surface area (Å²) in [5.74, 6) is -0.681. The molecule has 0 aliphatic carbocycles. The lowest BCUT2D eigenvalue weighted by Crippen LogP contribution is -2.34. The van der Waals surface area contributed by atoms with Crippen LogP contribution in [0, 0.1) is 5.92 Å². The second-order valence-electron chi connectivity index (χ2n) is 4.21. The van der Waals surface area contributed by atoms with Gasteiger partial charge in [0.1, 0.15) is 0 Å². The normalized spacial score (nSPS) is 13.1. The van der Waals surface area contributed by atoms with Gasteiger partial charge in [-0.3, -0.25) is 4.79 Å². The number of amides is 1. The SMILES string of the molecule is CCC(CN)C(=O)NCc1ccccc1C(F)(F)F. The molecule has 1 aromatic rings. The van der Waals surface area contributed by atoms with E-state index in [0.717, 1.165) is 6.07 Å². The molecule has 0 fully saturated rings. The molecule has 0 spiro atoms. The highest BCUT2D eigenvalue weighted by Crippen LogP contribution is 2.31. The molecular weight excluding hydrogens is 257 g/mol. The first-order valence-electron chi connectivity index (χ1n) is 6.03. The number of carbonyl (C=O) groups excluding carboxylic acids is 1. The van der Waals surface area contributed by atoms with Crippen LogP contribution in [0.1, 0.15) is 24.5 Å². The highest BCUT2D eigenvalue weighted by molar-refractivity contribution is 5.78. The molecule has 1 atom stereocenters. The van der Waals surface area contributed by atoms with Gasteiger partial charge in [0.15, 0.2) is 0 Å². The molecule has 1 amide bonds. The van der Waals surface area contributed by atoms with E-state index in [4.69, 9.17) is 5.73 Å². The van der Waals surface area contributed by atoms with Crippen molar-refractivity contribution in [1.82, 2.24) is 5.32 Å². The second-order valence-corrected chi connectivity index (χ2v) is 4.21. The fourth-order valence-corrected chi connectivity index (χ4v) is 1.74. The van der Waals surface area contributed by atoms with Gasteiger partial charge in [0.25, 0.3) is 0 Å². The first kappa shape index (κ1) is 15.5. The minimum atomic E-state index is -4.42. The Balaban J connectivity index is 2.76. The van der Waals surface area contributed by atoms with E-state index in [0.29, 0.717) is 6.42 Å². The summed E-state index contributed by atoms with van der Waals surface area (Å²) in [6, 6.07) is 5.19. The van der Waals surface area contributed by atoms with Crippen LogP contribution < -0.4 is 11.1 Å². The Hall–Kier alpha value is -1.56. The maximum absolute atomic E-state index is 12.7. The number of rotatable bonds is 5. The van der Waals surface area contributed by atoms with Crippen molar-refractivity contribution in [3.8, 4) is 0 Å². The molecule has 0 aliphatic rings. The predicted octanol–water partition coefficient (Wildman–Crippen LogP) is 2.31. The number of hydrogen-bond donors (Lipinski definition) is 2. The minimum absolute atomic E-state index is 0.0511. The lowest BCUT2D eigenvalue weighted by molar-refractivity contribution is -0.138. The molecule has 106 valence electrons. The van der Waals surface area contributed by atoms with Gasteiger partial charge in [-0.2, -0.15) is 13.2 Å². The summed E-state index contributed by atoms with van der Waals surface area (Å²) in [6.07, 6.45) is -3.86. The van der Waals surface area contributed by atoms with Crippen LogP contribution in [0.5, 0.6) is 0 Å². The van der Waals surface area contributed by atoms with Crippen molar-refractivity contribution in [2.75, 3.05) is 6.54 Å². The molecule has 6 heteroatoms. The zero-order chi connectivity index (χ0) is 14.5. The summed E-state index contributed by atoms with van der Waals surface area (Å²) in [4.78, 5) is 11.7. The van der Waals surface area contributed by atoms with E-state index in [9.17, 15) is 18.0 Å². The third-order valence-corrected chi connectivity index (χ3v) is 2.92. The van der Waals surface area contributed by atoms with E-state index < -0.39 is 11.7 Å². The largest absolute Gasteiger partial charge is 0.416 e. The first-order valence-corrected chi connectivity index (χ1v) is 6.03. The van der Waals surface area contributed by atoms with Crippen LogP contribution in [-0.2, 0) is 17.5 Å². The average Bonchev–Trinajstić information content (AvgIpc) is 2.37. The number of carbonyl (C=O) groups is 1. The number of hydrogen-bond acceptors (Lipinski definition) is 2. The summed E-state index contributed by atoms with van der Waals surface area (Å²) in [5.41, 5.74) is 4.74. The quantitative estimate of drug-likeness (QED) is 0.865. The van der Waals surface area contributed by atoms with Gasteiger partial charge in [0.2, 0.25) is 5.91 Å². The Morgan fingerprint density at radius 3 is 2.53 bits per heavy atom. The van der Waals surface area contributed by atoms with Crippen LogP contribution in [0.4, 0.5) is 13.2 Å². The Labute approximate surface area is 110 Å². The van der Waals surface area contributed by atoms with Crippen LogP contribution in [0.3, 0.4) is 0 Å². The molecule has 0 saturated heterocycles. The van der Waals surface area contributed by atoms with Crippen molar-refractivity contribution in [3.05, 3.63) is 35.4 Å². The van der Waals surface area contributed by atoms with E-state index in [1.807, 2.05) is 0 Å². The fraction of sp³-hybridized carbons (Fsp3) is 0.462. The van der Waals surface area contributed by atoms with Gasteiger partial charge in [0.05, 0.1) is 5.56 Å². The third-order valence-electron chi connectivity index (χ3n) is 2.92. The van der Waals surface area contributed by atoms with Gasteiger partial charge in [0, 0.05) is 19.0 Å². The van der Waals surface area contributed by atoms with Crippen LogP contribution in [0.25, 0.3) is 0 Å². The van der Waals surface area contributed by atoms with E-state index in [1.54, 1.807) is 6.92 Å². The highest BCUT2D eigenvalue weighted by atomic mass is 19.4. The summed E-state index contributed by atoms with van der Waals surface area (Å²) in [7, 11) is 0. The number of benzene rings is 1. The second kappa shape index (κ2) is 6.56. The minimum Gasteiger partial charge on any atom is -0.352 e. The number of nitrogens with one attached hydrogen (secondary N) is 1. The molecule has 1 unspecified atom stereocenters. The topological polar surface area (TPSA) is 55.1 Å². The van der Waals surface area contributed by atoms with Crippen LogP contribution in [-0.4, -0.2) is 12.5 Å². The fourth-order valence-electron chi connectivity index (χ4n) is 1.74. The zero-order valence-corrected chi connectivity index (χ0v) is 10.6. The molecule has 0 radical (unpaired) electrons. The van der Waals surface area contributed by atoms with Gasteiger partial charge in [-0.1, -0.05) is 25.1 Å². The first-order chi connectivity index (χ1) is 8.90. The van der Waals surface area contributed by atoms with Gasteiger partial charge < -0.3 is 11.1 Å². The van der Waals surface area contributed by atoms with E-state index in [-0.39, 0.29) is 30.5 Å². The monoisotopic (exact) mass is 274 g/mol. The molecule has 1 rings (SSSR count). The van der Waals surface area contributed by atoms with Crippen molar-refractivity contribution in [3.63, 3.8) is 0 Å². The molecule has 0 bridgehead atoms. The summed E-state index contributed by atoms with van der Waals surface area (Å²) >= 11 is 0. The molecule has 1 aromatic carbocycles. The molecule has 0 heterocycles. The van der Waals surface area contributed by atoms with Crippen molar-refractivity contribution in [1.29, 1.82) is 0 Å². The predicted molar refractivity (Wildman–Crippen MR) is 66.1 cm³/mol. The summed E-state index contributed by atoms with van der Waals surface area (Å²) < 4.78 is 38.2. The Morgan fingerprint density at radius 2 is 2.00 bits per heavy atom. The summed E-state index contributed by atoms with van der Waals surface area (Å²) in [6.45, 7) is 1.84. The molecule has 0 saturated carbocycles. The van der Waals surface area contributed by atoms with Crippen LogP contribution in [0.15, 0.2) is 24.3 Å². The molecule has 3 nitrogen and oxygen atoms in total. The van der Waals surface area contributed by atoms with Crippen molar-refractivity contribution in [2.45, 2.75) is 26.1 Å². The van der Waals surface area contributed by atoms with E-state index in [1.165, 1.54) is 18.2 Å². The van der Waals surface area contributed by atoms with Gasteiger partial charge >= 0.3 is 6.18 Å². The van der Waals surface area contributed by atoms with Gasteiger partial charge in [-0.25, -0.2) is 0 Å². The molecule has 3 N–H and O–H groups in total. The number of nitrogens with two attached hydrogens (primary N) is 1. The Bertz CT molecular complexity index is 428. The standard InChI is InChI=1S/C13H17F3N2O/c1-2-9(7-17)12(19)18-8-10-5-3-4-6-11(10)13(14,15)16/h3-6,9H,2,7-8,17H2,1H3,(H,18,19). The Kier molecular flexibility index (Phi) is 5.35. The smallest absolute Gasteiger partial charge is 0.352 e. The van der Waals surface area contributed by atoms with Crippen LogP contribution >= 0.6 is 0 Å². The molecular formula is C13H17F3N2O. The van der Waals surface area contributed by atoms with Crippen molar-refractivity contribution in [2.24, 2.45) is 11.7 Å².